The van der Waals surface area contributed by atoms with Crippen LogP contribution in [0.3, 0.4) is 0 Å². The van der Waals surface area contributed by atoms with Crippen molar-refractivity contribution in [2.75, 3.05) is 16.6 Å². The molecule has 0 spiro atoms. The first-order valence-electron chi connectivity index (χ1n) is 12.0. The lowest BCUT2D eigenvalue weighted by atomic mass is 10.1. The van der Waals surface area contributed by atoms with Gasteiger partial charge in [0.15, 0.2) is 5.16 Å². The Morgan fingerprint density at radius 2 is 1.82 bits per heavy atom. The molecule has 1 amide bonds. The highest BCUT2D eigenvalue weighted by Gasteiger charge is 2.36. The number of sulfonamides is 1. The summed E-state index contributed by atoms with van der Waals surface area (Å²) in [7, 11) is -3.88. The Balaban J connectivity index is 1.31. The molecule has 0 radical (unpaired) electrons. The van der Waals surface area contributed by atoms with Gasteiger partial charge in [0, 0.05) is 17.1 Å². The molecule has 1 aliphatic heterocycles. The zero-order valence-corrected chi connectivity index (χ0v) is 23.0. The summed E-state index contributed by atoms with van der Waals surface area (Å²) in [6.45, 7) is 2.67. The molecule has 2 heterocycles. The molecule has 4 aromatic rings. The van der Waals surface area contributed by atoms with Crippen LogP contribution in [0.15, 0.2) is 89.0 Å². The number of halogens is 1. The lowest BCUT2D eigenvalue weighted by molar-refractivity contribution is -0.118. The molecule has 5 rings (SSSR count). The van der Waals surface area contributed by atoms with Gasteiger partial charge in [-0.2, -0.15) is 0 Å². The number of aryl methyl sites for hydroxylation is 1. The number of benzene rings is 3. The van der Waals surface area contributed by atoms with E-state index in [4.69, 9.17) is 11.6 Å². The lowest BCUT2D eigenvalue weighted by Crippen LogP contribution is -2.34. The third kappa shape index (κ3) is 5.70. The Bertz CT molecular complexity index is 1590. The van der Waals surface area contributed by atoms with E-state index in [2.05, 4.69) is 15.3 Å². The van der Waals surface area contributed by atoms with Crippen molar-refractivity contribution in [2.24, 2.45) is 0 Å². The van der Waals surface area contributed by atoms with Crippen molar-refractivity contribution >= 4 is 45.0 Å². The number of hydrogen-bond donors (Lipinski definition) is 1. The summed E-state index contributed by atoms with van der Waals surface area (Å²) in [5.41, 5.74) is 4.66. The Hall–Kier alpha value is -3.40. The number of nitrogens with zero attached hydrogens (tertiary/aromatic N) is 3. The van der Waals surface area contributed by atoms with Crippen molar-refractivity contribution in [3.05, 3.63) is 101 Å². The van der Waals surface area contributed by atoms with Crippen molar-refractivity contribution in [1.82, 2.24) is 15.3 Å². The number of anilines is 1. The first kappa shape index (κ1) is 26.2. The first-order chi connectivity index (χ1) is 18.3. The monoisotopic (exact) mass is 564 g/mol. The molecule has 0 aliphatic carbocycles. The molecule has 3 aromatic carbocycles. The zero-order valence-electron chi connectivity index (χ0n) is 20.6. The van der Waals surface area contributed by atoms with Crippen LogP contribution in [0.25, 0.3) is 11.3 Å². The normalized spacial score (nSPS) is 13.5. The minimum Gasteiger partial charge on any atom is -0.355 e. The fourth-order valence-corrected chi connectivity index (χ4v) is 6.60. The molecule has 1 N–H and O–H groups in total. The molecule has 10 heteroatoms. The number of nitrogens with one attached hydrogen (secondary N) is 1. The predicted octanol–water partition coefficient (Wildman–Crippen LogP) is 5.27. The number of thioether (sulfide) groups is 1. The molecule has 1 aromatic heterocycles. The third-order valence-corrected chi connectivity index (χ3v) is 8.99. The van der Waals surface area contributed by atoms with Crippen molar-refractivity contribution in [1.29, 1.82) is 0 Å². The molecule has 0 unspecified atom stereocenters. The molecule has 0 atom stereocenters. The molecule has 1 aliphatic rings. The predicted molar refractivity (Wildman–Crippen MR) is 151 cm³/mol. The summed E-state index contributed by atoms with van der Waals surface area (Å²) in [5.74, 6) is -0.0320. The first-order valence-corrected chi connectivity index (χ1v) is 14.8. The summed E-state index contributed by atoms with van der Waals surface area (Å²) < 4.78 is 28.7. The lowest BCUT2D eigenvalue weighted by Gasteiger charge is -2.31. The van der Waals surface area contributed by atoms with Crippen molar-refractivity contribution < 1.29 is 13.2 Å². The fraction of sp³-hybridized carbons (Fsp3) is 0.179. The van der Waals surface area contributed by atoms with E-state index in [-0.39, 0.29) is 23.1 Å². The van der Waals surface area contributed by atoms with Crippen LogP contribution in [0.4, 0.5) is 5.69 Å². The SMILES string of the molecule is Cc1cccc(CN2c3ccccc3-c3nc(SCC(=O)NCCc4ccc(Cl)cc4)ncc3S2(=O)=O)c1. The van der Waals surface area contributed by atoms with Crippen LogP contribution in [0.2, 0.25) is 5.02 Å². The average Bonchev–Trinajstić information content (AvgIpc) is 2.91. The topological polar surface area (TPSA) is 92.3 Å². The van der Waals surface area contributed by atoms with Crippen LogP contribution in [0.5, 0.6) is 0 Å². The second-order valence-electron chi connectivity index (χ2n) is 8.90. The number of para-hydroxylation sites is 1. The zero-order chi connectivity index (χ0) is 26.7. The van der Waals surface area contributed by atoms with E-state index in [1.807, 2.05) is 73.7 Å². The van der Waals surface area contributed by atoms with Gasteiger partial charge < -0.3 is 5.32 Å². The summed E-state index contributed by atoms with van der Waals surface area (Å²) in [6.07, 6.45) is 2.04. The molecule has 194 valence electrons. The van der Waals surface area contributed by atoms with Gasteiger partial charge in [0.05, 0.1) is 29.9 Å². The minimum absolute atomic E-state index is 0.0561. The van der Waals surface area contributed by atoms with Gasteiger partial charge in [0.1, 0.15) is 4.90 Å². The largest absolute Gasteiger partial charge is 0.355 e. The van der Waals surface area contributed by atoms with Crippen LogP contribution in [-0.2, 0) is 27.8 Å². The van der Waals surface area contributed by atoms with Crippen molar-refractivity contribution in [2.45, 2.75) is 29.9 Å². The number of amides is 1. The van der Waals surface area contributed by atoms with Gasteiger partial charge in [0.2, 0.25) is 5.91 Å². The second-order valence-corrected chi connectivity index (χ2v) is 12.1. The van der Waals surface area contributed by atoms with Gasteiger partial charge in [-0.1, -0.05) is 83.5 Å². The Labute approximate surface area is 231 Å². The number of aromatic nitrogens is 2. The van der Waals surface area contributed by atoms with Gasteiger partial charge in [-0.3, -0.25) is 9.10 Å². The minimum atomic E-state index is -3.88. The van der Waals surface area contributed by atoms with Crippen molar-refractivity contribution in [3.8, 4) is 11.3 Å². The summed E-state index contributed by atoms with van der Waals surface area (Å²) >= 11 is 7.08. The Morgan fingerprint density at radius 3 is 2.61 bits per heavy atom. The molecule has 0 saturated carbocycles. The average molecular weight is 565 g/mol. The Morgan fingerprint density at radius 1 is 1.03 bits per heavy atom. The fourth-order valence-electron chi connectivity index (χ4n) is 4.27. The van der Waals surface area contributed by atoms with Gasteiger partial charge in [-0.15, -0.1) is 0 Å². The number of carbonyl (C=O) groups excluding carboxylic acids is 1. The summed E-state index contributed by atoms with van der Waals surface area (Å²) in [6, 6.07) is 22.6. The number of rotatable bonds is 8. The molecule has 0 fully saturated rings. The number of fused-ring (bicyclic) bond motifs is 3. The Kier molecular flexibility index (Phi) is 7.69. The summed E-state index contributed by atoms with van der Waals surface area (Å²) in [4.78, 5) is 21.3. The molecule has 0 bridgehead atoms. The van der Waals surface area contributed by atoms with Crippen LogP contribution < -0.4 is 9.62 Å². The van der Waals surface area contributed by atoms with Crippen LogP contribution in [0, 0.1) is 6.92 Å². The van der Waals surface area contributed by atoms with Gasteiger partial charge in [-0.25, -0.2) is 18.4 Å². The highest BCUT2D eigenvalue weighted by atomic mass is 35.5. The van der Waals surface area contributed by atoms with Crippen molar-refractivity contribution in [3.63, 3.8) is 0 Å². The van der Waals surface area contributed by atoms with E-state index < -0.39 is 10.0 Å². The van der Waals surface area contributed by atoms with E-state index in [1.54, 1.807) is 6.07 Å². The molecule has 38 heavy (non-hydrogen) atoms. The maximum Gasteiger partial charge on any atom is 0.268 e. The smallest absolute Gasteiger partial charge is 0.268 e. The maximum atomic E-state index is 13.7. The molecule has 7 nitrogen and oxygen atoms in total. The maximum absolute atomic E-state index is 13.7. The van der Waals surface area contributed by atoms with E-state index in [0.717, 1.165) is 16.7 Å². The van der Waals surface area contributed by atoms with Gasteiger partial charge in [0.25, 0.3) is 10.0 Å². The molecular formula is C28H25ClN4O3S2. The third-order valence-electron chi connectivity index (χ3n) is 6.12. The van der Waals surface area contributed by atoms with Crippen LogP contribution in [0.1, 0.15) is 16.7 Å². The summed E-state index contributed by atoms with van der Waals surface area (Å²) in [5, 5.41) is 3.91. The van der Waals surface area contributed by atoms with Gasteiger partial charge >= 0.3 is 0 Å². The van der Waals surface area contributed by atoms with E-state index in [0.29, 0.717) is 40.1 Å². The number of hydrogen-bond acceptors (Lipinski definition) is 6. The van der Waals surface area contributed by atoms with E-state index in [9.17, 15) is 13.2 Å². The second kappa shape index (κ2) is 11.1. The van der Waals surface area contributed by atoms with Crippen LogP contribution in [-0.4, -0.2) is 36.6 Å². The van der Waals surface area contributed by atoms with E-state index >= 15 is 0 Å². The molecule has 0 saturated heterocycles. The van der Waals surface area contributed by atoms with E-state index in [1.165, 1.54) is 22.3 Å². The van der Waals surface area contributed by atoms with Crippen LogP contribution >= 0.6 is 23.4 Å². The number of carbonyl (C=O) groups is 1. The quantitative estimate of drug-likeness (QED) is 0.232. The van der Waals surface area contributed by atoms with Gasteiger partial charge in [-0.05, 0) is 42.7 Å². The standard InChI is InChI=1S/C28H25ClN4O3S2/c1-19-5-4-6-21(15-19)17-33-24-8-3-2-7-23(24)27-25(38(33,35)36)16-31-28(32-27)37-18-26(34)30-14-13-20-9-11-22(29)12-10-20/h2-12,15-16H,13-14,17-18H2,1H3,(H,30,34). The highest BCUT2D eigenvalue weighted by molar-refractivity contribution is 7.99. The molecular weight excluding hydrogens is 540 g/mol. The highest BCUT2D eigenvalue weighted by Crippen LogP contribution is 2.42.